The molecule has 0 saturated carbocycles. The van der Waals surface area contributed by atoms with Gasteiger partial charge in [-0.05, 0) is 12.1 Å². The molecular weight excluding hydrogens is 232 g/mol. The van der Waals surface area contributed by atoms with Crippen molar-refractivity contribution < 1.29 is 27.1 Å². The third-order valence-electron chi connectivity index (χ3n) is 1.63. The molecule has 1 rings (SSSR count). The third-order valence-corrected chi connectivity index (χ3v) is 1.63. The molecule has 88 valence electrons. The first-order chi connectivity index (χ1) is 7.22. The molecule has 0 fully saturated rings. The summed E-state index contributed by atoms with van der Waals surface area (Å²) in [5, 5.41) is 0. The van der Waals surface area contributed by atoms with Crippen LogP contribution in [0.1, 0.15) is 10.4 Å². The van der Waals surface area contributed by atoms with E-state index in [2.05, 4.69) is 4.74 Å². The predicted octanol–water partition coefficient (Wildman–Crippen LogP) is 1.41. The highest BCUT2D eigenvalue weighted by Crippen LogP contribution is 2.33. The maximum atomic E-state index is 12.9. The van der Waals surface area contributed by atoms with Crippen molar-refractivity contribution in [1.82, 2.24) is 0 Å². The summed E-state index contributed by atoms with van der Waals surface area (Å²) in [6.07, 6.45) is -5.09. The smallest absolute Gasteiger partial charge is 0.403 e. The molecule has 0 aliphatic rings. The van der Waals surface area contributed by atoms with Crippen LogP contribution in [0.4, 0.5) is 23.2 Å². The topological polar surface area (TPSA) is 78.3 Å². The lowest BCUT2D eigenvalue weighted by atomic mass is 10.1. The van der Waals surface area contributed by atoms with Crippen molar-refractivity contribution in [3.8, 4) is 5.75 Å². The van der Waals surface area contributed by atoms with Gasteiger partial charge in [-0.3, -0.25) is 4.79 Å². The Kier molecular flexibility index (Phi) is 2.92. The van der Waals surface area contributed by atoms with Crippen LogP contribution in [-0.4, -0.2) is 12.3 Å². The van der Waals surface area contributed by atoms with Crippen LogP contribution in [0.3, 0.4) is 0 Å². The zero-order chi connectivity index (χ0) is 12.5. The van der Waals surface area contributed by atoms with Crippen LogP contribution in [0, 0.1) is 5.82 Å². The summed E-state index contributed by atoms with van der Waals surface area (Å²) in [7, 11) is 0. The summed E-state index contributed by atoms with van der Waals surface area (Å²) in [6, 6.07) is 1.48. The Balaban J connectivity index is 3.32. The number of nitrogen functional groups attached to an aromatic ring is 1. The molecule has 0 bridgehead atoms. The molecule has 1 aromatic carbocycles. The summed E-state index contributed by atoms with van der Waals surface area (Å²) in [5.74, 6) is -3.46. The van der Waals surface area contributed by atoms with E-state index in [1.807, 2.05) is 0 Å². The van der Waals surface area contributed by atoms with Crippen LogP contribution in [0.5, 0.6) is 5.75 Å². The van der Waals surface area contributed by atoms with E-state index in [9.17, 15) is 22.4 Å². The molecule has 0 spiro atoms. The predicted molar refractivity (Wildman–Crippen MR) is 46.0 cm³/mol. The van der Waals surface area contributed by atoms with E-state index in [0.29, 0.717) is 0 Å². The number of carbonyl (C=O) groups excluding carboxylic acids is 1. The van der Waals surface area contributed by atoms with Gasteiger partial charge in [-0.15, -0.1) is 13.2 Å². The Labute approximate surface area is 86.8 Å². The number of carbonyl (C=O) groups is 1. The molecule has 4 N–H and O–H groups in total. The Hall–Kier alpha value is -1.99. The number of anilines is 1. The number of halogens is 4. The van der Waals surface area contributed by atoms with E-state index in [0.717, 1.165) is 12.1 Å². The fourth-order valence-electron chi connectivity index (χ4n) is 0.995. The van der Waals surface area contributed by atoms with Gasteiger partial charge in [-0.2, -0.15) is 0 Å². The van der Waals surface area contributed by atoms with E-state index < -0.39 is 35.1 Å². The average Bonchev–Trinajstić information content (AvgIpc) is 2.10. The summed E-state index contributed by atoms with van der Waals surface area (Å²) >= 11 is 0. The van der Waals surface area contributed by atoms with Crippen molar-refractivity contribution in [2.75, 3.05) is 5.73 Å². The zero-order valence-electron chi connectivity index (χ0n) is 7.64. The second-order valence-electron chi connectivity index (χ2n) is 2.75. The van der Waals surface area contributed by atoms with E-state index >= 15 is 0 Å². The second kappa shape index (κ2) is 3.87. The number of rotatable bonds is 2. The number of ether oxygens (including phenoxy) is 1. The molecular formula is C8H6F4N2O2. The number of primary amides is 1. The molecule has 1 amide bonds. The monoisotopic (exact) mass is 238 g/mol. The first-order valence-corrected chi connectivity index (χ1v) is 3.86. The Morgan fingerprint density at radius 2 is 1.88 bits per heavy atom. The Morgan fingerprint density at radius 3 is 2.31 bits per heavy atom. The maximum absolute atomic E-state index is 12.9. The molecule has 8 heteroatoms. The van der Waals surface area contributed by atoms with Crippen molar-refractivity contribution in [2.24, 2.45) is 5.73 Å². The zero-order valence-corrected chi connectivity index (χ0v) is 7.64. The molecule has 0 atom stereocenters. The first kappa shape index (κ1) is 12.1. The van der Waals surface area contributed by atoms with E-state index in [1.54, 1.807) is 0 Å². The van der Waals surface area contributed by atoms with Crippen molar-refractivity contribution in [1.29, 1.82) is 0 Å². The molecule has 0 aromatic heterocycles. The third kappa shape index (κ3) is 2.53. The average molecular weight is 238 g/mol. The van der Waals surface area contributed by atoms with E-state index in [4.69, 9.17) is 11.5 Å². The summed E-state index contributed by atoms with van der Waals surface area (Å²) in [4.78, 5) is 10.8. The van der Waals surface area contributed by atoms with Gasteiger partial charge in [0.15, 0.2) is 5.75 Å². The SMILES string of the molecule is NC(=O)c1ccc(F)c(N)c1OC(F)(F)F. The number of amides is 1. The van der Waals surface area contributed by atoms with Crippen molar-refractivity contribution >= 4 is 11.6 Å². The van der Waals surface area contributed by atoms with Crippen molar-refractivity contribution in [3.05, 3.63) is 23.5 Å². The highest BCUT2D eigenvalue weighted by molar-refractivity contribution is 5.97. The number of nitrogens with two attached hydrogens (primary N) is 2. The summed E-state index contributed by atoms with van der Waals surface area (Å²) in [6.45, 7) is 0. The summed E-state index contributed by atoms with van der Waals surface area (Å²) in [5.41, 5.74) is 8.24. The van der Waals surface area contributed by atoms with Gasteiger partial charge >= 0.3 is 6.36 Å². The molecule has 16 heavy (non-hydrogen) atoms. The van der Waals surface area contributed by atoms with Crippen molar-refractivity contribution in [2.45, 2.75) is 6.36 Å². The fraction of sp³-hybridized carbons (Fsp3) is 0.125. The molecule has 0 heterocycles. The molecule has 0 radical (unpaired) electrons. The van der Waals surface area contributed by atoms with Crippen LogP contribution >= 0.6 is 0 Å². The molecule has 4 nitrogen and oxygen atoms in total. The lowest BCUT2D eigenvalue weighted by Gasteiger charge is -2.13. The van der Waals surface area contributed by atoms with Gasteiger partial charge in [0.2, 0.25) is 0 Å². The minimum atomic E-state index is -5.09. The molecule has 0 unspecified atom stereocenters. The van der Waals surface area contributed by atoms with Gasteiger partial charge in [-0.1, -0.05) is 0 Å². The number of hydrogen-bond acceptors (Lipinski definition) is 3. The number of hydrogen-bond donors (Lipinski definition) is 2. The second-order valence-corrected chi connectivity index (χ2v) is 2.75. The molecule has 0 aliphatic carbocycles. The fourth-order valence-corrected chi connectivity index (χ4v) is 0.995. The minimum absolute atomic E-state index is 0.642. The molecule has 0 saturated heterocycles. The van der Waals surface area contributed by atoms with E-state index in [1.165, 1.54) is 0 Å². The largest absolute Gasteiger partial charge is 0.573 e. The van der Waals surface area contributed by atoms with Gasteiger partial charge in [0.1, 0.15) is 11.5 Å². The number of alkyl halides is 3. The normalized spacial score (nSPS) is 11.2. The van der Waals surface area contributed by atoms with Crippen LogP contribution in [0.2, 0.25) is 0 Å². The molecule has 1 aromatic rings. The van der Waals surface area contributed by atoms with Gasteiger partial charge in [-0.25, -0.2) is 4.39 Å². The Bertz CT molecular complexity index is 431. The van der Waals surface area contributed by atoms with Gasteiger partial charge in [0.25, 0.3) is 5.91 Å². The van der Waals surface area contributed by atoms with Crippen LogP contribution < -0.4 is 16.2 Å². The Morgan fingerprint density at radius 1 is 1.31 bits per heavy atom. The summed E-state index contributed by atoms with van der Waals surface area (Å²) < 4.78 is 52.1. The highest BCUT2D eigenvalue weighted by Gasteiger charge is 2.34. The van der Waals surface area contributed by atoms with Crippen LogP contribution in [-0.2, 0) is 0 Å². The van der Waals surface area contributed by atoms with Gasteiger partial charge in [0.05, 0.1) is 5.56 Å². The van der Waals surface area contributed by atoms with Crippen LogP contribution in [0.25, 0.3) is 0 Å². The van der Waals surface area contributed by atoms with Crippen LogP contribution in [0.15, 0.2) is 12.1 Å². The maximum Gasteiger partial charge on any atom is 0.573 e. The lowest BCUT2D eigenvalue weighted by molar-refractivity contribution is -0.274. The highest BCUT2D eigenvalue weighted by atomic mass is 19.4. The van der Waals surface area contributed by atoms with Gasteiger partial charge in [0, 0.05) is 0 Å². The minimum Gasteiger partial charge on any atom is -0.403 e. The standard InChI is InChI=1S/C8H6F4N2O2/c9-4-2-1-3(7(14)15)6(5(4)13)16-8(10,11)12/h1-2H,13H2,(H2,14,15). The van der Waals surface area contributed by atoms with Gasteiger partial charge < -0.3 is 16.2 Å². The van der Waals surface area contributed by atoms with E-state index in [-0.39, 0.29) is 0 Å². The lowest BCUT2D eigenvalue weighted by Crippen LogP contribution is -2.22. The van der Waals surface area contributed by atoms with Crippen molar-refractivity contribution in [3.63, 3.8) is 0 Å². The quantitative estimate of drug-likeness (QED) is 0.603. The number of benzene rings is 1. The molecule has 0 aliphatic heterocycles. The first-order valence-electron chi connectivity index (χ1n) is 3.86.